The van der Waals surface area contributed by atoms with Crippen LogP contribution in [0.4, 0.5) is 0 Å². The second-order valence-electron chi connectivity index (χ2n) is 6.27. The van der Waals surface area contributed by atoms with E-state index in [4.69, 9.17) is 0 Å². The molecule has 0 heterocycles. The molecule has 3 aromatic carbocycles. The average molecular weight is 272 g/mol. The molecule has 0 bridgehead atoms. The Hall–Kier alpha value is -1.82. The highest BCUT2D eigenvalue weighted by Crippen LogP contribution is 2.39. The fourth-order valence-electron chi connectivity index (χ4n) is 3.61. The van der Waals surface area contributed by atoms with Gasteiger partial charge in [-0.25, -0.2) is 0 Å². The van der Waals surface area contributed by atoms with E-state index in [1.165, 1.54) is 39.9 Å². The zero-order chi connectivity index (χ0) is 14.2. The van der Waals surface area contributed by atoms with Crippen LogP contribution in [-0.4, -0.2) is 0 Å². The minimum atomic E-state index is 0.618. The predicted octanol–water partition coefficient (Wildman–Crippen LogP) is 5.92. The molecule has 21 heavy (non-hydrogen) atoms. The average Bonchev–Trinajstić information content (AvgIpc) is 3.01. The van der Waals surface area contributed by atoms with Crippen LogP contribution in [0.1, 0.15) is 30.7 Å². The minimum Gasteiger partial charge on any atom is -0.0616 e. The van der Waals surface area contributed by atoms with Crippen molar-refractivity contribution >= 4 is 21.5 Å². The molecule has 0 nitrogen and oxygen atoms in total. The lowest BCUT2D eigenvalue weighted by Gasteiger charge is -2.12. The van der Waals surface area contributed by atoms with Crippen molar-refractivity contribution in [1.29, 1.82) is 0 Å². The standard InChI is InChI=1S/C21H20/c1-2-15-7-8-18(11-15)19-9-10-20-12-16-5-3-4-6-17(16)13-21(20)14-19/h3-6,8-10,12-15,18H,1-2,7,11H2. The molecule has 0 amide bonds. The van der Waals surface area contributed by atoms with Gasteiger partial charge in [-0.05, 0) is 70.3 Å². The smallest absolute Gasteiger partial charge is 0.0128 e. The van der Waals surface area contributed by atoms with Crippen LogP contribution < -0.4 is 0 Å². The molecule has 0 aliphatic heterocycles. The summed E-state index contributed by atoms with van der Waals surface area (Å²) in [6, 6.07) is 20.2. The van der Waals surface area contributed by atoms with E-state index < -0.39 is 0 Å². The molecule has 3 aromatic rings. The fourth-order valence-corrected chi connectivity index (χ4v) is 3.61. The topological polar surface area (TPSA) is 0 Å². The van der Waals surface area contributed by atoms with Crippen molar-refractivity contribution in [2.75, 3.05) is 0 Å². The van der Waals surface area contributed by atoms with Crippen molar-refractivity contribution in [2.24, 2.45) is 5.92 Å². The Morgan fingerprint density at radius 3 is 2.29 bits per heavy atom. The van der Waals surface area contributed by atoms with Gasteiger partial charge in [-0.3, -0.25) is 0 Å². The van der Waals surface area contributed by atoms with Crippen LogP contribution in [-0.2, 0) is 0 Å². The lowest BCUT2D eigenvalue weighted by molar-refractivity contribution is 0.546. The van der Waals surface area contributed by atoms with Gasteiger partial charge in [0.1, 0.15) is 0 Å². The summed E-state index contributed by atoms with van der Waals surface area (Å²) in [7, 11) is 0. The van der Waals surface area contributed by atoms with Gasteiger partial charge in [-0.15, -0.1) is 0 Å². The van der Waals surface area contributed by atoms with Crippen molar-refractivity contribution < 1.29 is 0 Å². The van der Waals surface area contributed by atoms with Crippen molar-refractivity contribution in [3.63, 3.8) is 0 Å². The lowest BCUT2D eigenvalue weighted by atomic mass is 9.93. The van der Waals surface area contributed by atoms with Gasteiger partial charge >= 0.3 is 0 Å². The third kappa shape index (κ3) is 2.33. The molecule has 1 aliphatic rings. The summed E-state index contributed by atoms with van der Waals surface area (Å²) in [5, 5.41) is 5.34. The van der Waals surface area contributed by atoms with Crippen LogP contribution in [0.2, 0.25) is 0 Å². The highest BCUT2D eigenvalue weighted by molar-refractivity contribution is 5.98. The normalized spacial score (nSPS) is 22.1. The van der Waals surface area contributed by atoms with E-state index in [9.17, 15) is 0 Å². The summed E-state index contributed by atoms with van der Waals surface area (Å²) in [5.41, 5.74) is 1.47. The zero-order valence-corrected chi connectivity index (χ0v) is 12.3. The molecule has 104 valence electrons. The summed E-state index contributed by atoms with van der Waals surface area (Å²) >= 11 is 0. The van der Waals surface area contributed by atoms with E-state index in [1.54, 1.807) is 0 Å². The summed E-state index contributed by atoms with van der Waals surface area (Å²) in [5.74, 6) is 1.40. The van der Waals surface area contributed by atoms with Crippen LogP contribution in [0.15, 0.2) is 54.6 Å². The van der Waals surface area contributed by atoms with Gasteiger partial charge in [0.2, 0.25) is 0 Å². The number of rotatable bonds is 2. The molecule has 0 saturated heterocycles. The van der Waals surface area contributed by atoms with Gasteiger partial charge in [-0.1, -0.05) is 55.8 Å². The van der Waals surface area contributed by atoms with Gasteiger partial charge in [0.05, 0.1) is 0 Å². The van der Waals surface area contributed by atoms with Crippen molar-refractivity contribution in [3.8, 4) is 0 Å². The molecular weight excluding hydrogens is 252 g/mol. The monoisotopic (exact) mass is 272 g/mol. The lowest BCUT2D eigenvalue weighted by Crippen LogP contribution is -1.95. The largest absolute Gasteiger partial charge is 0.0616 e. The van der Waals surface area contributed by atoms with E-state index in [-0.39, 0.29) is 0 Å². The first-order valence-electron chi connectivity index (χ1n) is 7.88. The summed E-state index contributed by atoms with van der Waals surface area (Å²) < 4.78 is 0. The second-order valence-corrected chi connectivity index (χ2v) is 6.27. The molecular formula is C21H20. The van der Waals surface area contributed by atoms with E-state index in [1.807, 2.05) is 0 Å². The summed E-state index contributed by atoms with van der Waals surface area (Å²) in [6.07, 6.45) is 6.04. The van der Waals surface area contributed by atoms with Gasteiger partial charge < -0.3 is 0 Å². The maximum absolute atomic E-state index is 4.06. The van der Waals surface area contributed by atoms with Crippen molar-refractivity contribution in [3.05, 3.63) is 73.5 Å². The third-order valence-corrected chi connectivity index (χ3v) is 4.91. The highest BCUT2D eigenvalue weighted by atomic mass is 14.3. The van der Waals surface area contributed by atoms with Crippen LogP contribution >= 0.6 is 0 Å². The third-order valence-electron chi connectivity index (χ3n) is 4.91. The van der Waals surface area contributed by atoms with Gasteiger partial charge in [-0.2, -0.15) is 0 Å². The molecule has 2 atom stereocenters. The molecule has 1 fully saturated rings. The Bertz CT molecular complexity index is 784. The molecule has 2 radical (unpaired) electrons. The Morgan fingerprint density at radius 1 is 0.857 bits per heavy atom. The molecule has 1 aliphatic carbocycles. The van der Waals surface area contributed by atoms with Crippen LogP contribution in [0.3, 0.4) is 0 Å². The molecule has 0 aromatic heterocycles. The predicted molar refractivity (Wildman–Crippen MR) is 91.2 cm³/mol. The summed E-state index contributed by atoms with van der Waals surface area (Å²) in [4.78, 5) is 0. The minimum absolute atomic E-state index is 0.618. The molecule has 0 N–H and O–H groups in total. The Morgan fingerprint density at radius 2 is 1.57 bits per heavy atom. The second kappa shape index (κ2) is 5.18. The number of hydrogen-bond acceptors (Lipinski definition) is 0. The SMILES string of the molecule is [CH2]CC1C[CH]C(c2ccc3cc4ccccc4cc3c2)C1. The van der Waals surface area contributed by atoms with Gasteiger partial charge in [0, 0.05) is 0 Å². The van der Waals surface area contributed by atoms with E-state index in [0.29, 0.717) is 5.92 Å². The van der Waals surface area contributed by atoms with E-state index >= 15 is 0 Å². The number of fused-ring (bicyclic) bond motifs is 2. The van der Waals surface area contributed by atoms with Gasteiger partial charge in [0.25, 0.3) is 0 Å². The number of hydrogen-bond donors (Lipinski definition) is 0. The fraction of sp³-hybridized carbons (Fsp3) is 0.238. The van der Waals surface area contributed by atoms with E-state index in [2.05, 4.69) is 67.9 Å². The highest BCUT2D eigenvalue weighted by Gasteiger charge is 2.24. The molecule has 1 saturated carbocycles. The van der Waals surface area contributed by atoms with E-state index in [0.717, 1.165) is 12.3 Å². The maximum atomic E-state index is 4.06. The number of benzene rings is 3. The maximum Gasteiger partial charge on any atom is -0.0128 e. The zero-order valence-electron chi connectivity index (χ0n) is 12.3. The first-order chi connectivity index (χ1) is 10.3. The van der Waals surface area contributed by atoms with Crippen LogP contribution in [0, 0.1) is 19.3 Å². The first-order valence-corrected chi connectivity index (χ1v) is 7.88. The van der Waals surface area contributed by atoms with Crippen LogP contribution in [0.5, 0.6) is 0 Å². The Kier molecular flexibility index (Phi) is 3.18. The molecule has 0 heteroatoms. The molecule has 2 unspecified atom stereocenters. The summed E-state index contributed by atoms with van der Waals surface area (Å²) in [6.45, 7) is 4.06. The molecule has 4 rings (SSSR count). The van der Waals surface area contributed by atoms with Gasteiger partial charge in [0.15, 0.2) is 0 Å². The first kappa shape index (κ1) is 12.9. The quantitative estimate of drug-likeness (QED) is 0.508. The van der Waals surface area contributed by atoms with Crippen molar-refractivity contribution in [2.45, 2.75) is 25.2 Å². The Labute approximate surface area is 126 Å². The Balaban J connectivity index is 1.77. The van der Waals surface area contributed by atoms with Crippen LogP contribution in [0.25, 0.3) is 21.5 Å². The molecule has 0 spiro atoms. The van der Waals surface area contributed by atoms with Crippen molar-refractivity contribution in [1.82, 2.24) is 0 Å².